The summed E-state index contributed by atoms with van der Waals surface area (Å²) >= 11 is 0. The fourth-order valence-corrected chi connectivity index (χ4v) is 8.34. The first-order valence-corrected chi connectivity index (χ1v) is 30.1. The molecule has 0 saturated carbocycles. The van der Waals surface area contributed by atoms with Crippen LogP contribution in [-0.2, 0) is 28.6 Å². The molecule has 0 N–H and O–H groups in total. The van der Waals surface area contributed by atoms with Gasteiger partial charge in [0, 0.05) is 19.3 Å². The molecule has 6 heteroatoms. The van der Waals surface area contributed by atoms with E-state index in [4.69, 9.17) is 14.2 Å². The molecule has 6 nitrogen and oxygen atoms in total. The van der Waals surface area contributed by atoms with Crippen molar-refractivity contribution in [3.8, 4) is 0 Å². The van der Waals surface area contributed by atoms with Gasteiger partial charge in [0.1, 0.15) is 13.2 Å². The van der Waals surface area contributed by atoms with Gasteiger partial charge in [-0.2, -0.15) is 0 Å². The fourth-order valence-electron chi connectivity index (χ4n) is 8.34. The van der Waals surface area contributed by atoms with Gasteiger partial charge >= 0.3 is 17.9 Å². The van der Waals surface area contributed by atoms with Crippen LogP contribution in [0.2, 0.25) is 0 Å². The van der Waals surface area contributed by atoms with E-state index in [1.807, 2.05) is 0 Å². The van der Waals surface area contributed by atoms with Crippen molar-refractivity contribution in [1.82, 2.24) is 0 Å². The maximum atomic E-state index is 12.9. The van der Waals surface area contributed by atoms with Crippen molar-refractivity contribution >= 4 is 17.9 Å². The topological polar surface area (TPSA) is 78.9 Å². The Morgan fingerprint density at radius 3 is 0.887 bits per heavy atom. The van der Waals surface area contributed by atoms with E-state index in [-0.39, 0.29) is 31.1 Å². The van der Waals surface area contributed by atoms with Crippen molar-refractivity contribution in [1.29, 1.82) is 0 Å². The van der Waals surface area contributed by atoms with Crippen LogP contribution in [0.4, 0.5) is 0 Å². The van der Waals surface area contributed by atoms with Crippen molar-refractivity contribution in [2.75, 3.05) is 13.2 Å². The van der Waals surface area contributed by atoms with Gasteiger partial charge in [0.25, 0.3) is 0 Å². The first kappa shape index (κ1) is 67.6. The Bertz CT molecular complexity index is 1370. The Morgan fingerprint density at radius 1 is 0.296 bits per heavy atom. The van der Waals surface area contributed by atoms with Crippen molar-refractivity contribution in [2.45, 2.75) is 297 Å². The van der Waals surface area contributed by atoms with Gasteiger partial charge in [-0.05, 0) is 116 Å². The minimum atomic E-state index is -0.792. The van der Waals surface area contributed by atoms with Gasteiger partial charge in [0.2, 0.25) is 0 Å². The molecule has 1 atom stereocenters. The molecule has 0 fully saturated rings. The number of carbonyl (C=O) groups is 3. The van der Waals surface area contributed by atoms with E-state index in [9.17, 15) is 14.4 Å². The number of hydrogen-bond acceptors (Lipinski definition) is 6. The first-order valence-electron chi connectivity index (χ1n) is 30.1. The SMILES string of the molecule is CC/C=C\C/C=C\C/C=C\C/C=C\CCCCCCCCC(=O)OCC(COC(=O)CCCCCCC/C=C\C/C=C\CCCCCC)OC(=O)CCCCCCCCC/C=C\CCCCCCCCC. The van der Waals surface area contributed by atoms with E-state index in [2.05, 4.69) is 106 Å². The molecule has 0 saturated heterocycles. The quantitative estimate of drug-likeness (QED) is 0.0261. The van der Waals surface area contributed by atoms with Gasteiger partial charge in [-0.3, -0.25) is 14.4 Å². The van der Waals surface area contributed by atoms with E-state index in [1.165, 1.54) is 141 Å². The smallest absolute Gasteiger partial charge is 0.306 e. The van der Waals surface area contributed by atoms with Crippen LogP contribution >= 0.6 is 0 Å². The van der Waals surface area contributed by atoms with E-state index in [0.29, 0.717) is 19.3 Å². The van der Waals surface area contributed by atoms with Crippen molar-refractivity contribution in [3.63, 3.8) is 0 Å². The second-order valence-electron chi connectivity index (χ2n) is 19.9. The molecule has 0 aromatic heterocycles. The van der Waals surface area contributed by atoms with E-state index in [1.54, 1.807) is 0 Å². The molecule has 1 unspecified atom stereocenters. The summed E-state index contributed by atoms with van der Waals surface area (Å²) in [5.74, 6) is -0.912. The highest BCUT2D eigenvalue weighted by atomic mass is 16.6. The van der Waals surface area contributed by atoms with E-state index in [0.717, 1.165) is 109 Å². The second-order valence-corrected chi connectivity index (χ2v) is 19.9. The first-order chi connectivity index (χ1) is 35.0. The number of hydrogen-bond donors (Lipinski definition) is 0. The molecule has 0 aliphatic carbocycles. The summed E-state index contributed by atoms with van der Waals surface area (Å²) in [7, 11) is 0. The summed E-state index contributed by atoms with van der Waals surface area (Å²) in [6.07, 6.45) is 77.1. The third kappa shape index (κ3) is 57.4. The zero-order chi connectivity index (χ0) is 51.4. The van der Waals surface area contributed by atoms with Crippen LogP contribution in [0, 0.1) is 0 Å². The predicted molar refractivity (Wildman–Crippen MR) is 307 cm³/mol. The molecule has 408 valence electrons. The van der Waals surface area contributed by atoms with Gasteiger partial charge in [0.15, 0.2) is 6.10 Å². The van der Waals surface area contributed by atoms with Crippen LogP contribution < -0.4 is 0 Å². The Labute approximate surface area is 439 Å². The summed E-state index contributed by atoms with van der Waals surface area (Å²) in [6.45, 7) is 6.50. The van der Waals surface area contributed by atoms with Gasteiger partial charge in [0.05, 0.1) is 0 Å². The number of carbonyl (C=O) groups excluding carboxylic acids is 3. The Balaban J connectivity index is 4.43. The lowest BCUT2D eigenvalue weighted by Gasteiger charge is -2.18. The lowest BCUT2D eigenvalue weighted by Crippen LogP contribution is -2.30. The standard InChI is InChI=1S/C65H112O6/c1-4-7-10-13-16-19-22-25-28-31-33-35-37-40-43-46-49-52-55-58-64(67)70-61-62(60-69-63(66)57-54-51-48-45-42-39-36-30-27-24-21-18-15-12-9-6-3)71-65(68)59-56-53-50-47-44-41-38-34-32-29-26-23-20-17-14-11-8-5-2/h7,10,16,19,21,24-25,28-30,32-33,35-36,62H,4-6,8-9,11-15,17-18,20,22-23,26-27,31,34,37-61H2,1-3H3/b10-7-,19-16-,24-21-,28-25-,32-29-,35-33-,36-30-. The molecule has 0 spiro atoms. The number of unbranched alkanes of at least 4 members (excludes halogenated alkanes) is 29. The average Bonchev–Trinajstić information content (AvgIpc) is 3.37. The van der Waals surface area contributed by atoms with Gasteiger partial charge < -0.3 is 14.2 Å². The fraction of sp³-hybridized carbons (Fsp3) is 0.738. The van der Waals surface area contributed by atoms with Crippen LogP contribution in [0.25, 0.3) is 0 Å². The lowest BCUT2D eigenvalue weighted by atomic mass is 10.1. The molecule has 0 radical (unpaired) electrons. The second kappa shape index (κ2) is 59.2. The minimum Gasteiger partial charge on any atom is -0.462 e. The van der Waals surface area contributed by atoms with Gasteiger partial charge in [-0.15, -0.1) is 0 Å². The third-order valence-electron chi connectivity index (χ3n) is 12.9. The summed E-state index contributed by atoms with van der Waals surface area (Å²) < 4.78 is 16.9. The lowest BCUT2D eigenvalue weighted by molar-refractivity contribution is -0.167. The molecule has 0 amide bonds. The molecule has 0 aromatic rings. The zero-order valence-corrected chi connectivity index (χ0v) is 46.7. The van der Waals surface area contributed by atoms with E-state index >= 15 is 0 Å². The number of rotatable bonds is 54. The number of allylic oxidation sites excluding steroid dienone is 14. The Hall–Kier alpha value is -3.41. The maximum absolute atomic E-state index is 12.9. The highest BCUT2D eigenvalue weighted by Gasteiger charge is 2.19. The molecule has 0 aromatic carbocycles. The zero-order valence-electron chi connectivity index (χ0n) is 46.7. The van der Waals surface area contributed by atoms with Crippen molar-refractivity contribution < 1.29 is 28.6 Å². The minimum absolute atomic E-state index is 0.0898. The molecule has 0 heterocycles. The van der Waals surface area contributed by atoms with Crippen LogP contribution in [0.15, 0.2) is 85.1 Å². The molecular formula is C65H112O6. The number of esters is 3. The Morgan fingerprint density at radius 2 is 0.549 bits per heavy atom. The van der Waals surface area contributed by atoms with Crippen LogP contribution in [0.1, 0.15) is 290 Å². The number of ether oxygens (including phenoxy) is 3. The van der Waals surface area contributed by atoms with Crippen LogP contribution in [0.3, 0.4) is 0 Å². The van der Waals surface area contributed by atoms with E-state index < -0.39 is 6.10 Å². The van der Waals surface area contributed by atoms with Gasteiger partial charge in [-0.25, -0.2) is 0 Å². The van der Waals surface area contributed by atoms with Gasteiger partial charge in [-0.1, -0.05) is 241 Å². The van der Waals surface area contributed by atoms with Crippen LogP contribution in [-0.4, -0.2) is 37.2 Å². The predicted octanol–water partition coefficient (Wildman–Crippen LogP) is 20.3. The largest absolute Gasteiger partial charge is 0.462 e. The summed E-state index contributed by atoms with van der Waals surface area (Å²) in [4.78, 5) is 38.2. The normalized spacial score (nSPS) is 12.7. The monoisotopic (exact) mass is 989 g/mol. The molecular weight excluding hydrogens is 877 g/mol. The highest BCUT2D eigenvalue weighted by Crippen LogP contribution is 2.15. The molecule has 71 heavy (non-hydrogen) atoms. The van der Waals surface area contributed by atoms with Crippen molar-refractivity contribution in [3.05, 3.63) is 85.1 Å². The van der Waals surface area contributed by atoms with Crippen LogP contribution in [0.5, 0.6) is 0 Å². The summed E-state index contributed by atoms with van der Waals surface area (Å²) in [5.41, 5.74) is 0. The molecule has 0 bridgehead atoms. The highest BCUT2D eigenvalue weighted by molar-refractivity contribution is 5.71. The molecule has 0 aliphatic rings. The molecule has 0 aliphatic heterocycles. The average molecular weight is 990 g/mol. The Kier molecular flexibility index (Phi) is 56.3. The molecule has 0 rings (SSSR count). The maximum Gasteiger partial charge on any atom is 0.306 e. The third-order valence-corrected chi connectivity index (χ3v) is 12.9. The summed E-state index contributed by atoms with van der Waals surface area (Å²) in [6, 6.07) is 0. The van der Waals surface area contributed by atoms with Crippen molar-refractivity contribution in [2.24, 2.45) is 0 Å². The summed E-state index contributed by atoms with van der Waals surface area (Å²) in [5, 5.41) is 0.